The average molecular weight is 370 g/mol. The topological polar surface area (TPSA) is 44.5 Å². The van der Waals surface area contributed by atoms with Crippen LogP contribution >= 0.6 is 12.4 Å². The van der Waals surface area contributed by atoms with E-state index in [2.05, 4.69) is 9.47 Å². The van der Waals surface area contributed by atoms with Crippen LogP contribution in [-0.2, 0) is 0 Å². The molecule has 0 saturated heterocycles. The molecule has 0 aliphatic rings. The molecule has 1 atom stereocenters. The van der Waals surface area contributed by atoms with Gasteiger partial charge in [0.2, 0.25) is 0 Å². The highest BCUT2D eigenvalue weighted by Crippen LogP contribution is 2.27. The van der Waals surface area contributed by atoms with Crippen LogP contribution in [0.2, 0.25) is 0 Å². The van der Waals surface area contributed by atoms with Gasteiger partial charge in [0.1, 0.15) is 11.5 Å². The summed E-state index contributed by atoms with van der Waals surface area (Å²) in [6, 6.07) is 10.1. The van der Waals surface area contributed by atoms with Crippen molar-refractivity contribution in [3.05, 3.63) is 59.7 Å². The van der Waals surface area contributed by atoms with E-state index in [4.69, 9.17) is 5.73 Å². The van der Waals surface area contributed by atoms with Crippen molar-refractivity contribution in [2.45, 2.75) is 19.0 Å². The Hall–Kier alpha value is -2.06. The first kappa shape index (κ1) is 20.0. The third-order valence-electron chi connectivity index (χ3n) is 2.92. The highest BCUT2D eigenvalue weighted by Gasteiger charge is 2.31. The first-order valence-corrected chi connectivity index (χ1v) is 6.40. The highest BCUT2D eigenvalue weighted by molar-refractivity contribution is 5.85. The summed E-state index contributed by atoms with van der Waals surface area (Å²) < 4.78 is 68.7. The maximum atomic E-state index is 12.2. The number of halogens is 6. The standard InChI is InChI=1S/C15H12F5NO2.ClH/c16-14(17)22-12-3-1-2-10(8-12)13(21)9-4-6-11(7-5-9)23-15(18,19)20;/h1-8,13-14H,21H2;1H/t13-;/m1./s1. The number of ether oxygens (including phenoxy) is 2. The Labute approximate surface area is 140 Å². The number of rotatable bonds is 5. The monoisotopic (exact) mass is 369 g/mol. The Morgan fingerprint density at radius 1 is 0.875 bits per heavy atom. The van der Waals surface area contributed by atoms with Crippen LogP contribution < -0.4 is 15.2 Å². The van der Waals surface area contributed by atoms with Crippen LogP contribution in [0.15, 0.2) is 48.5 Å². The molecule has 3 nitrogen and oxygen atoms in total. The largest absolute Gasteiger partial charge is 0.573 e. The molecule has 0 spiro atoms. The zero-order chi connectivity index (χ0) is 17.0. The second-order valence-electron chi connectivity index (χ2n) is 4.55. The van der Waals surface area contributed by atoms with Crippen molar-refractivity contribution in [1.82, 2.24) is 0 Å². The van der Waals surface area contributed by atoms with Crippen molar-refractivity contribution in [1.29, 1.82) is 0 Å². The molecule has 0 aromatic heterocycles. The Kier molecular flexibility index (Phi) is 6.80. The molecule has 2 N–H and O–H groups in total. The Morgan fingerprint density at radius 2 is 1.50 bits per heavy atom. The molecule has 2 rings (SSSR count). The van der Waals surface area contributed by atoms with Crippen molar-refractivity contribution in [3.8, 4) is 11.5 Å². The minimum absolute atomic E-state index is 0. The molecule has 2 aromatic rings. The molecule has 132 valence electrons. The third kappa shape index (κ3) is 5.86. The van der Waals surface area contributed by atoms with Gasteiger partial charge in [-0.3, -0.25) is 0 Å². The van der Waals surface area contributed by atoms with Gasteiger partial charge in [0, 0.05) is 0 Å². The van der Waals surface area contributed by atoms with Crippen LogP contribution in [0.1, 0.15) is 17.2 Å². The van der Waals surface area contributed by atoms with Crippen LogP contribution in [0.3, 0.4) is 0 Å². The van der Waals surface area contributed by atoms with Gasteiger partial charge in [-0.2, -0.15) is 8.78 Å². The van der Waals surface area contributed by atoms with Crippen molar-refractivity contribution >= 4 is 12.4 Å². The van der Waals surface area contributed by atoms with Gasteiger partial charge >= 0.3 is 13.0 Å². The van der Waals surface area contributed by atoms with Crippen LogP contribution in [0.4, 0.5) is 22.0 Å². The molecule has 0 aliphatic carbocycles. The second kappa shape index (κ2) is 8.16. The van der Waals surface area contributed by atoms with Crippen LogP contribution in [0.25, 0.3) is 0 Å². The predicted octanol–water partition coefficient (Wildman–Crippen LogP) is 4.66. The van der Waals surface area contributed by atoms with Crippen LogP contribution in [0, 0.1) is 0 Å². The van der Waals surface area contributed by atoms with Crippen molar-refractivity contribution in [3.63, 3.8) is 0 Å². The zero-order valence-corrected chi connectivity index (χ0v) is 12.8. The fraction of sp³-hybridized carbons (Fsp3) is 0.200. The summed E-state index contributed by atoms with van der Waals surface area (Å²) in [5.41, 5.74) is 6.96. The smallest absolute Gasteiger partial charge is 0.435 e. The van der Waals surface area contributed by atoms with Gasteiger partial charge in [0.15, 0.2) is 0 Å². The summed E-state index contributed by atoms with van der Waals surface area (Å²) in [5, 5.41) is 0. The van der Waals surface area contributed by atoms with Gasteiger partial charge in [0.25, 0.3) is 0 Å². The maximum Gasteiger partial charge on any atom is 0.573 e. The second-order valence-corrected chi connectivity index (χ2v) is 4.55. The van der Waals surface area contributed by atoms with Gasteiger partial charge in [-0.1, -0.05) is 24.3 Å². The first-order chi connectivity index (χ1) is 10.7. The molecule has 0 aliphatic heterocycles. The molecule has 0 saturated carbocycles. The highest BCUT2D eigenvalue weighted by atomic mass is 35.5. The van der Waals surface area contributed by atoms with E-state index in [0.717, 1.165) is 12.1 Å². The summed E-state index contributed by atoms with van der Waals surface area (Å²) >= 11 is 0. The van der Waals surface area contributed by atoms with E-state index in [0.29, 0.717) is 11.1 Å². The molecular weight excluding hydrogens is 357 g/mol. The van der Waals surface area contributed by atoms with E-state index in [9.17, 15) is 22.0 Å². The molecular formula is C15H13ClF5NO2. The summed E-state index contributed by atoms with van der Waals surface area (Å²) in [7, 11) is 0. The molecule has 0 fully saturated rings. The van der Waals surface area contributed by atoms with Gasteiger partial charge in [-0.15, -0.1) is 25.6 Å². The lowest BCUT2D eigenvalue weighted by molar-refractivity contribution is -0.274. The van der Waals surface area contributed by atoms with Gasteiger partial charge in [-0.05, 0) is 35.4 Å². The number of hydrogen-bond donors (Lipinski definition) is 1. The summed E-state index contributed by atoms with van der Waals surface area (Å²) in [5.74, 6) is -0.423. The SMILES string of the molecule is Cl.N[C@H](c1ccc(OC(F)(F)F)cc1)c1cccc(OC(F)F)c1. The molecule has 2 aromatic carbocycles. The minimum Gasteiger partial charge on any atom is -0.435 e. The Morgan fingerprint density at radius 3 is 2.04 bits per heavy atom. The lowest BCUT2D eigenvalue weighted by atomic mass is 9.99. The quantitative estimate of drug-likeness (QED) is 0.780. The molecule has 0 unspecified atom stereocenters. The van der Waals surface area contributed by atoms with Crippen molar-refractivity contribution < 1.29 is 31.4 Å². The Balaban J connectivity index is 0.00000288. The molecule has 24 heavy (non-hydrogen) atoms. The molecule has 0 bridgehead atoms. The minimum atomic E-state index is -4.77. The molecule has 0 radical (unpaired) electrons. The zero-order valence-electron chi connectivity index (χ0n) is 12.0. The Bertz CT molecular complexity index is 649. The van der Waals surface area contributed by atoms with Gasteiger partial charge in [0.05, 0.1) is 6.04 Å². The molecule has 0 heterocycles. The van der Waals surface area contributed by atoms with E-state index >= 15 is 0 Å². The van der Waals surface area contributed by atoms with Crippen molar-refractivity contribution in [2.75, 3.05) is 0 Å². The van der Waals surface area contributed by atoms with E-state index in [1.807, 2.05) is 0 Å². The summed E-state index contributed by atoms with van der Waals surface area (Å²) in [6.45, 7) is -2.96. The van der Waals surface area contributed by atoms with Crippen LogP contribution in [-0.4, -0.2) is 13.0 Å². The lowest BCUT2D eigenvalue weighted by Crippen LogP contribution is -2.17. The average Bonchev–Trinajstić information content (AvgIpc) is 2.45. The van der Waals surface area contributed by atoms with E-state index < -0.39 is 19.0 Å². The molecule has 0 amide bonds. The number of alkyl halides is 5. The normalized spacial score (nSPS) is 12.5. The fourth-order valence-electron chi connectivity index (χ4n) is 1.95. The van der Waals surface area contributed by atoms with Gasteiger partial charge < -0.3 is 15.2 Å². The number of hydrogen-bond acceptors (Lipinski definition) is 3. The fourth-order valence-corrected chi connectivity index (χ4v) is 1.95. The van der Waals surface area contributed by atoms with Crippen LogP contribution in [0.5, 0.6) is 11.5 Å². The summed E-state index contributed by atoms with van der Waals surface area (Å²) in [4.78, 5) is 0. The predicted molar refractivity (Wildman–Crippen MR) is 79.5 cm³/mol. The first-order valence-electron chi connectivity index (χ1n) is 6.40. The lowest BCUT2D eigenvalue weighted by Gasteiger charge is -2.15. The van der Waals surface area contributed by atoms with E-state index in [-0.39, 0.29) is 23.9 Å². The van der Waals surface area contributed by atoms with Gasteiger partial charge in [-0.25, -0.2) is 0 Å². The third-order valence-corrected chi connectivity index (χ3v) is 2.92. The molecule has 9 heteroatoms. The number of nitrogens with two attached hydrogens (primary N) is 1. The summed E-state index contributed by atoms with van der Waals surface area (Å²) in [6.07, 6.45) is -4.77. The maximum absolute atomic E-state index is 12.2. The van der Waals surface area contributed by atoms with E-state index in [1.165, 1.54) is 30.3 Å². The van der Waals surface area contributed by atoms with E-state index in [1.54, 1.807) is 6.07 Å². The van der Waals surface area contributed by atoms with Crippen molar-refractivity contribution in [2.24, 2.45) is 5.73 Å². The number of benzene rings is 2.